The highest BCUT2D eigenvalue weighted by Crippen LogP contribution is 2.27. The number of carbonyl (C=O) groups excluding carboxylic acids is 1. The molecule has 106 valence electrons. The molecule has 0 aromatic heterocycles. The topological polar surface area (TPSA) is 49.3 Å². The van der Waals surface area contributed by atoms with Gasteiger partial charge in [0.15, 0.2) is 0 Å². The fraction of sp³-hybridized carbons (Fsp3) is 0.933. The molecule has 1 saturated carbocycles. The van der Waals surface area contributed by atoms with Crippen LogP contribution in [0.2, 0.25) is 0 Å². The van der Waals surface area contributed by atoms with Crippen LogP contribution in [0.25, 0.3) is 0 Å². The maximum Gasteiger partial charge on any atom is 0.220 e. The molecule has 2 N–H and O–H groups in total. The highest BCUT2D eigenvalue weighted by Gasteiger charge is 2.23. The molecule has 0 spiro atoms. The lowest BCUT2D eigenvalue weighted by atomic mass is 9.95. The average molecular weight is 255 g/mol. The normalized spacial score (nSPS) is 20.1. The zero-order valence-electron chi connectivity index (χ0n) is 12.1. The molecule has 1 fully saturated rings. The first-order valence-electron chi connectivity index (χ1n) is 7.43. The molecule has 1 aliphatic carbocycles. The maximum atomic E-state index is 11.7. The van der Waals surface area contributed by atoms with Gasteiger partial charge in [0.1, 0.15) is 0 Å². The molecule has 2 unspecified atom stereocenters. The lowest BCUT2D eigenvalue weighted by Crippen LogP contribution is -2.36. The van der Waals surface area contributed by atoms with Crippen molar-refractivity contribution in [3.8, 4) is 0 Å². The Bertz CT molecular complexity index is 247. The molecule has 0 saturated heterocycles. The van der Waals surface area contributed by atoms with E-state index in [-0.39, 0.29) is 12.0 Å². The molecule has 2 atom stereocenters. The summed E-state index contributed by atoms with van der Waals surface area (Å²) in [6, 6.07) is 0. The third-order valence-corrected chi connectivity index (χ3v) is 3.86. The van der Waals surface area contributed by atoms with Gasteiger partial charge in [-0.2, -0.15) is 0 Å². The van der Waals surface area contributed by atoms with E-state index in [1.165, 1.54) is 12.8 Å². The van der Waals surface area contributed by atoms with Crippen LogP contribution in [0.5, 0.6) is 0 Å². The molecule has 0 aliphatic heterocycles. The summed E-state index contributed by atoms with van der Waals surface area (Å²) < 4.78 is 0. The summed E-state index contributed by atoms with van der Waals surface area (Å²) in [5.74, 6) is 1.55. The molecule has 0 radical (unpaired) electrons. The van der Waals surface area contributed by atoms with E-state index < -0.39 is 0 Å². The van der Waals surface area contributed by atoms with Crippen molar-refractivity contribution in [2.75, 3.05) is 6.54 Å². The van der Waals surface area contributed by atoms with Crippen molar-refractivity contribution < 1.29 is 9.90 Å². The first kappa shape index (κ1) is 15.5. The number of hydrogen-bond acceptors (Lipinski definition) is 2. The Kier molecular flexibility index (Phi) is 6.69. The number of aliphatic hydroxyl groups excluding tert-OH is 1. The molecule has 3 nitrogen and oxygen atoms in total. The van der Waals surface area contributed by atoms with Gasteiger partial charge in [-0.05, 0) is 37.0 Å². The summed E-state index contributed by atoms with van der Waals surface area (Å²) in [6.45, 7) is 6.90. The smallest absolute Gasteiger partial charge is 0.220 e. The van der Waals surface area contributed by atoms with E-state index in [0.29, 0.717) is 30.7 Å². The van der Waals surface area contributed by atoms with Gasteiger partial charge < -0.3 is 10.4 Å². The number of carbonyl (C=O) groups is 1. The minimum absolute atomic E-state index is 0.0835. The summed E-state index contributed by atoms with van der Waals surface area (Å²) in [5, 5.41) is 12.8. The first-order chi connectivity index (χ1) is 8.49. The van der Waals surface area contributed by atoms with Crippen molar-refractivity contribution in [2.45, 2.75) is 65.4 Å². The van der Waals surface area contributed by atoms with Crippen LogP contribution in [0, 0.1) is 17.8 Å². The summed E-state index contributed by atoms with van der Waals surface area (Å²) >= 11 is 0. The van der Waals surface area contributed by atoms with E-state index in [0.717, 1.165) is 19.3 Å². The second-order valence-corrected chi connectivity index (χ2v) is 6.35. The monoisotopic (exact) mass is 255 g/mol. The molecular formula is C15H29NO2. The highest BCUT2D eigenvalue weighted by molar-refractivity contribution is 5.76. The van der Waals surface area contributed by atoms with Crippen molar-refractivity contribution in [1.82, 2.24) is 5.32 Å². The van der Waals surface area contributed by atoms with Gasteiger partial charge in [0.2, 0.25) is 5.91 Å². The molecule has 0 aromatic rings. The van der Waals surface area contributed by atoms with E-state index in [1.54, 1.807) is 0 Å². The van der Waals surface area contributed by atoms with E-state index in [4.69, 9.17) is 0 Å². The van der Waals surface area contributed by atoms with Crippen LogP contribution in [0.4, 0.5) is 0 Å². The number of hydrogen-bond donors (Lipinski definition) is 2. The van der Waals surface area contributed by atoms with Crippen LogP contribution >= 0.6 is 0 Å². The Balaban J connectivity index is 2.15. The Hall–Kier alpha value is -0.570. The molecule has 0 bridgehead atoms. The van der Waals surface area contributed by atoms with Gasteiger partial charge in [-0.25, -0.2) is 0 Å². The standard InChI is InChI=1S/C15H29NO2/c1-11(2)8-12(3)9-15(18)16-10-14(17)13-6-4-5-7-13/h11-14,17H,4-10H2,1-3H3,(H,16,18). The number of rotatable bonds is 7. The van der Waals surface area contributed by atoms with Gasteiger partial charge in [0, 0.05) is 13.0 Å². The Morgan fingerprint density at radius 1 is 1.28 bits per heavy atom. The van der Waals surface area contributed by atoms with E-state index in [1.807, 2.05) is 0 Å². The van der Waals surface area contributed by atoms with Crippen molar-refractivity contribution >= 4 is 5.91 Å². The summed E-state index contributed by atoms with van der Waals surface area (Å²) in [5.41, 5.74) is 0. The van der Waals surface area contributed by atoms with E-state index >= 15 is 0 Å². The average Bonchev–Trinajstić information content (AvgIpc) is 2.77. The van der Waals surface area contributed by atoms with E-state index in [9.17, 15) is 9.90 Å². The van der Waals surface area contributed by atoms with Crippen LogP contribution in [-0.2, 0) is 4.79 Å². The highest BCUT2D eigenvalue weighted by atomic mass is 16.3. The van der Waals surface area contributed by atoms with Gasteiger partial charge in [0.25, 0.3) is 0 Å². The van der Waals surface area contributed by atoms with Crippen LogP contribution in [0.1, 0.15) is 59.3 Å². The van der Waals surface area contributed by atoms with Crippen molar-refractivity contribution in [3.63, 3.8) is 0 Å². The lowest BCUT2D eigenvalue weighted by molar-refractivity contribution is -0.122. The van der Waals surface area contributed by atoms with Crippen molar-refractivity contribution in [1.29, 1.82) is 0 Å². The van der Waals surface area contributed by atoms with Gasteiger partial charge in [-0.3, -0.25) is 4.79 Å². The quantitative estimate of drug-likeness (QED) is 0.735. The fourth-order valence-electron chi connectivity index (χ4n) is 3.00. The summed E-state index contributed by atoms with van der Waals surface area (Å²) in [6.07, 6.45) is 5.98. The minimum Gasteiger partial charge on any atom is -0.391 e. The van der Waals surface area contributed by atoms with Gasteiger partial charge >= 0.3 is 0 Å². The van der Waals surface area contributed by atoms with Gasteiger partial charge in [-0.1, -0.05) is 33.6 Å². The van der Waals surface area contributed by atoms with Crippen molar-refractivity contribution in [3.05, 3.63) is 0 Å². The van der Waals surface area contributed by atoms with Crippen LogP contribution < -0.4 is 5.32 Å². The predicted molar refractivity (Wildman–Crippen MR) is 74.2 cm³/mol. The predicted octanol–water partition coefficient (Wildman–Crippen LogP) is 2.73. The lowest BCUT2D eigenvalue weighted by Gasteiger charge is -2.19. The molecule has 18 heavy (non-hydrogen) atoms. The third kappa shape index (κ3) is 5.85. The Morgan fingerprint density at radius 3 is 2.44 bits per heavy atom. The largest absolute Gasteiger partial charge is 0.391 e. The SMILES string of the molecule is CC(C)CC(C)CC(=O)NCC(O)C1CCCC1. The Labute approximate surface area is 111 Å². The minimum atomic E-state index is -0.350. The van der Waals surface area contributed by atoms with E-state index in [2.05, 4.69) is 26.1 Å². The molecule has 3 heteroatoms. The molecule has 1 amide bonds. The number of aliphatic hydroxyl groups is 1. The second-order valence-electron chi connectivity index (χ2n) is 6.35. The van der Waals surface area contributed by atoms with Gasteiger partial charge in [-0.15, -0.1) is 0 Å². The molecular weight excluding hydrogens is 226 g/mol. The van der Waals surface area contributed by atoms with Crippen LogP contribution in [0.15, 0.2) is 0 Å². The molecule has 0 heterocycles. The molecule has 1 rings (SSSR count). The number of nitrogens with one attached hydrogen (secondary N) is 1. The first-order valence-corrected chi connectivity index (χ1v) is 7.43. The molecule has 0 aromatic carbocycles. The Morgan fingerprint density at radius 2 is 1.89 bits per heavy atom. The fourth-order valence-corrected chi connectivity index (χ4v) is 3.00. The zero-order chi connectivity index (χ0) is 13.5. The van der Waals surface area contributed by atoms with Crippen LogP contribution in [-0.4, -0.2) is 23.7 Å². The van der Waals surface area contributed by atoms with Crippen LogP contribution in [0.3, 0.4) is 0 Å². The molecule has 1 aliphatic rings. The number of amides is 1. The van der Waals surface area contributed by atoms with Gasteiger partial charge in [0.05, 0.1) is 6.10 Å². The maximum absolute atomic E-state index is 11.7. The summed E-state index contributed by atoms with van der Waals surface area (Å²) in [7, 11) is 0. The van der Waals surface area contributed by atoms with Crippen molar-refractivity contribution in [2.24, 2.45) is 17.8 Å². The zero-order valence-corrected chi connectivity index (χ0v) is 12.1. The third-order valence-electron chi connectivity index (χ3n) is 3.86. The second kappa shape index (κ2) is 7.78. The summed E-state index contributed by atoms with van der Waals surface area (Å²) in [4.78, 5) is 11.7.